The van der Waals surface area contributed by atoms with Gasteiger partial charge in [-0.25, -0.2) is 0 Å². The van der Waals surface area contributed by atoms with Crippen LogP contribution in [0.25, 0.3) is 12.2 Å². The highest BCUT2D eigenvalue weighted by Crippen LogP contribution is 2.40. The number of piperazine rings is 1. The summed E-state index contributed by atoms with van der Waals surface area (Å²) >= 11 is 7.92. The van der Waals surface area contributed by atoms with E-state index in [1.807, 2.05) is 29.2 Å². The lowest BCUT2D eigenvalue weighted by molar-refractivity contribution is -0.136. The Morgan fingerprint density at radius 2 is 1.50 bits per heavy atom. The quantitative estimate of drug-likeness (QED) is 0.307. The molecule has 3 heterocycles. The molecule has 0 aliphatic carbocycles. The van der Waals surface area contributed by atoms with E-state index in [1.54, 1.807) is 36.3 Å². The lowest BCUT2D eigenvalue weighted by Crippen LogP contribution is -2.52. The lowest BCUT2D eigenvalue weighted by Gasteiger charge is -2.35. The fraction of sp³-hybridized carbons (Fsp3) is 0.300. The largest absolute Gasteiger partial charge is 0.497 e. The van der Waals surface area contributed by atoms with Crippen LogP contribution in [0.15, 0.2) is 51.2 Å². The van der Waals surface area contributed by atoms with Crippen molar-refractivity contribution in [3.05, 3.63) is 57.3 Å². The van der Waals surface area contributed by atoms with Crippen molar-refractivity contribution in [1.82, 2.24) is 14.7 Å². The van der Waals surface area contributed by atoms with Gasteiger partial charge in [0.1, 0.15) is 16.6 Å². The normalized spacial score (nSPS) is 18.8. The summed E-state index contributed by atoms with van der Waals surface area (Å²) in [5, 5.41) is 0.621. The number of nitrogens with zero attached hydrogens (tertiary/aromatic N) is 4. The number of carbonyl (C=O) groups is 3. The maximum atomic E-state index is 13.2. The fourth-order valence-corrected chi connectivity index (χ4v) is 6.96. The molecular formula is C30H30N4O7S3. The highest BCUT2D eigenvalue weighted by atomic mass is 32.2. The van der Waals surface area contributed by atoms with Crippen molar-refractivity contribution in [1.29, 1.82) is 0 Å². The van der Waals surface area contributed by atoms with Crippen LogP contribution in [0.4, 0.5) is 0 Å². The van der Waals surface area contributed by atoms with E-state index in [0.29, 0.717) is 68.3 Å². The number of ether oxygens (including phenoxy) is 4. The van der Waals surface area contributed by atoms with Crippen LogP contribution in [0.5, 0.6) is 23.0 Å². The average molecular weight is 655 g/mol. The topological polar surface area (TPSA) is 110 Å². The number of amides is 3. The molecule has 0 atom stereocenters. The van der Waals surface area contributed by atoms with Gasteiger partial charge in [-0.1, -0.05) is 36.1 Å². The van der Waals surface area contributed by atoms with Gasteiger partial charge in [-0.15, -0.1) is 0 Å². The Bertz CT molecular complexity index is 1560. The Morgan fingerprint density at radius 1 is 0.864 bits per heavy atom. The molecule has 0 aromatic heterocycles. The first kappa shape index (κ1) is 31.4. The van der Waals surface area contributed by atoms with Crippen molar-refractivity contribution in [2.75, 3.05) is 61.2 Å². The highest BCUT2D eigenvalue weighted by Gasteiger charge is 2.36. The molecule has 0 radical (unpaired) electrons. The number of methoxy groups -OCH3 is 4. The van der Waals surface area contributed by atoms with E-state index in [2.05, 4.69) is 4.99 Å². The number of rotatable bonds is 8. The van der Waals surface area contributed by atoms with Crippen molar-refractivity contribution in [2.45, 2.75) is 0 Å². The van der Waals surface area contributed by atoms with Crippen molar-refractivity contribution >= 4 is 75.1 Å². The van der Waals surface area contributed by atoms with Crippen LogP contribution in [-0.2, 0) is 14.4 Å². The monoisotopic (exact) mass is 654 g/mol. The molecule has 0 N–H and O–H groups in total. The maximum Gasteiger partial charge on any atom is 0.286 e. The molecule has 3 aliphatic rings. The number of hydrogen-bond acceptors (Lipinski definition) is 11. The van der Waals surface area contributed by atoms with Crippen molar-refractivity contribution in [3.8, 4) is 23.0 Å². The minimum absolute atomic E-state index is 0.153. The van der Waals surface area contributed by atoms with Crippen LogP contribution >= 0.6 is 35.7 Å². The molecule has 11 nitrogen and oxygen atoms in total. The molecule has 2 fully saturated rings. The first-order valence-electron chi connectivity index (χ1n) is 13.5. The number of carbonyl (C=O) groups excluding carboxylic acids is 3. The van der Waals surface area contributed by atoms with E-state index in [1.165, 1.54) is 38.0 Å². The van der Waals surface area contributed by atoms with Crippen LogP contribution in [0.1, 0.15) is 11.1 Å². The highest BCUT2D eigenvalue weighted by molar-refractivity contribution is 8.26. The minimum Gasteiger partial charge on any atom is -0.497 e. The van der Waals surface area contributed by atoms with Crippen molar-refractivity contribution in [3.63, 3.8) is 0 Å². The summed E-state index contributed by atoms with van der Waals surface area (Å²) in [5.74, 6) is 1.27. The molecular weight excluding hydrogens is 625 g/mol. The standard InChI is InChI=1S/C30H30N4O7S3/c1-38-20-7-5-18(6-8-20)15-23-27(36)31-29(43-23)33-11-9-32(10-12-33)25(35)17-34-28(37)24(44-30(34)42)16-19-13-21(39-2)26(41-4)22(14-19)40-3/h5-8,13-16H,9-12,17H2,1-4H3/b23-15-,24-16-. The van der Waals surface area contributed by atoms with Gasteiger partial charge in [-0.2, -0.15) is 4.99 Å². The minimum atomic E-state index is -0.341. The molecule has 2 saturated heterocycles. The molecule has 0 saturated carbocycles. The number of benzene rings is 2. The third-order valence-electron chi connectivity index (χ3n) is 7.08. The Morgan fingerprint density at radius 3 is 2.09 bits per heavy atom. The summed E-state index contributed by atoms with van der Waals surface area (Å²) in [5.41, 5.74) is 1.54. The summed E-state index contributed by atoms with van der Waals surface area (Å²) in [7, 11) is 6.16. The Balaban J connectivity index is 1.17. The molecule has 0 bridgehead atoms. The van der Waals surface area contributed by atoms with E-state index in [0.717, 1.165) is 23.1 Å². The molecule has 3 amide bonds. The van der Waals surface area contributed by atoms with E-state index < -0.39 is 0 Å². The van der Waals surface area contributed by atoms with E-state index in [9.17, 15) is 14.4 Å². The summed E-state index contributed by atoms with van der Waals surface area (Å²) in [6.07, 6.45) is 3.49. The van der Waals surface area contributed by atoms with Crippen LogP contribution in [0, 0.1) is 0 Å². The number of hydrogen-bond donors (Lipinski definition) is 0. The second-order valence-electron chi connectivity index (χ2n) is 9.68. The molecule has 2 aromatic carbocycles. The van der Waals surface area contributed by atoms with Crippen LogP contribution < -0.4 is 18.9 Å². The van der Waals surface area contributed by atoms with Gasteiger partial charge >= 0.3 is 0 Å². The second-order valence-corrected chi connectivity index (χ2v) is 12.4. The average Bonchev–Trinajstić information content (AvgIpc) is 3.53. The van der Waals surface area contributed by atoms with Crippen molar-refractivity contribution < 1.29 is 33.3 Å². The first-order chi connectivity index (χ1) is 21.2. The number of thioether (sulfide) groups is 2. The third kappa shape index (κ3) is 6.71. The molecule has 14 heteroatoms. The fourth-order valence-electron chi connectivity index (χ4n) is 4.74. The third-order valence-corrected chi connectivity index (χ3v) is 9.50. The van der Waals surface area contributed by atoms with Gasteiger partial charge in [0.25, 0.3) is 11.8 Å². The zero-order valence-electron chi connectivity index (χ0n) is 24.5. The van der Waals surface area contributed by atoms with E-state index in [-0.39, 0.29) is 24.3 Å². The number of aliphatic imine (C=N–C) groups is 1. The Labute approximate surface area is 268 Å². The Hall–Kier alpha value is -4.01. The summed E-state index contributed by atoms with van der Waals surface area (Å²) in [4.78, 5) is 49.2. The molecule has 44 heavy (non-hydrogen) atoms. The van der Waals surface area contributed by atoms with Gasteiger partial charge in [0.2, 0.25) is 11.7 Å². The predicted octanol–water partition coefficient (Wildman–Crippen LogP) is 3.74. The predicted molar refractivity (Wildman–Crippen MR) is 175 cm³/mol. The SMILES string of the molecule is COc1ccc(/C=C2\SC(N3CCN(C(=O)CN4C(=O)/C(=C/c5cc(OC)c(OC)c(OC)c5)SC4=S)CC3)=NC2=O)cc1. The van der Waals surface area contributed by atoms with E-state index >= 15 is 0 Å². The lowest BCUT2D eigenvalue weighted by atomic mass is 10.1. The van der Waals surface area contributed by atoms with Gasteiger partial charge in [-0.05, 0) is 59.3 Å². The summed E-state index contributed by atoms with van der Waals surface area (Å²) in [6, 6.07) is 10.9. The molecule has 2 aromatic rings. The van der Waals surface area contributed by atoms with Gasteiger partial charge in [0, 0.05) is 26.2 Å². The molecule has 0 spiro atoms. The van der Waals surface area contributed by atoms with Crippen LogP contribution in [0.2, 0.25) is 0 Å². The van der Waals surface area contributed by atoms with Gasteiger partial charge < -0.3 is 28.7 Å². The zero-order chi connectivity index (χ0) is 31.4. The van der Waals surface area contributed by atoms with Crippen molar-refractivity contribution in [2.24, 2.45) is 4.99 Å². The zero-order valence-corrected chi connectivity index (χ0v) is 27.0. The van der Waals surface area contributed by atoms with Gasteiger partial charge in [-0.3, -0.25) is 19.3 Å². The first-order valence-corrected chi connectivity index (χ1v) is 15.5. The second kappa shape index (κ2) is 13.7. The summed E-state index contributed by atoms with van der Waals surface area (Å²) < 4.78 is 21.7. The number of thiocarbonyl (C=S) groups is 1. The molecule has 230 valence electrons. The van der Waals surface area contributed by atoms with Gasteiger partial charge in [0.15, 0.2) is 16.7 Å². The van der Waals surface area contributed by atoms with E-state index in [4.69, 9.17) is 31.2 Å². The smallest absolute Gasteiger partial charge is 0.286 e. The van der Waals surface area contributed by atoms with Crippen LogP contribution in [-0.4, -0.2) is 103 Å². The van der Waals surface area contributed by atoms with Gasteiger partial charge in [0.05, 0.1) is 38.2 Å². The molecule has 0 unspecified atom stereocenters. The number of amidine groups is 1. The maximum absolute atomic E-state index is 13.2. The molecule has 3 aliphatic heterocycles. The molecule has 5 rings (SSSR count). The van der Waals surface area contributed by atoms with Crippen LogP contribution in [0.3, 0.4) is 0 Å². The Kier molecular flexibility index (Phi) is 9.81. The summed E-state index contributed by atoms with van der Waals surface area (Å²) in [6.45, 7) is 1.74.